The minimum atomic E-state index is -3.61. The number of methoxy groups -OCH3 is 1. The van der Waals surface area contributed by atoms with Crippen LogP contribution >= 0.6 is 11.6 Å². The Kier molecular flexibility index (Phi) is 5.80. The Morgan fingerprint density at radius 1 is 1.00 bits per heavy atom. The second-order valence-corrected chi connectivity index (χ2v) is 9.44. The Labute approximate surface area is 176 Å². The minimum absolute atomic E-state index is 0.176. The number of piperazine rings is 1. The number of hydrogen-bond acceptors (Lipinski definition) is 7. The number of aromatic nitrogens is 2. The van der Waals surface area contributed by atoms with Gasteiger partial charge in [-0.15, -0.1) is 0 Å². The second kappa shape index (κ2) is 8.33. The summed E-state index contributed by atoms with van der Waals surface area (Å²) in [5.41, 5.74) is 0. The van der Waals surface area contributed by atoms with Crippen LogP contribution in [0, 0.1) is 0 Å². The van der Waals surface area contributed by atoms with Crippen LogP contribution in [0.2, 0.25) is 5.02 Å². The molecule has 0 atom stereocenters. The number of rotatable bonds is 5. The van der Waals surface area contributed by atoms with Crippen LogP contribution in [0.5, 0.6) is 5.75 Å². The van der Waals surface area contributed by atoms with Crippen molar-refractivity contribution >= 4 is 33.4 Å². The summed E-state index contributed by atoms with van der Waals surface area (Å²) in [4.78, 5) is 13.6. The highest BCUT2D eigenvalue weighted by molar-refractivity contribution is 7.89. The Morgan fingerprint density at radius 3 is 2.38 bits per heavy atom. The number of ether oxygens (including phenoxy) is 1. The van der Waals surface area contributed by atoms with E-state index in [-0.39, 0.29) is 9.92 Å². The Balaban J connectivity index is 1.45. The molecule has 156 valence electrons. The Bertz CT molecular complexity index is 974. The highest BCUT2D eigenvalue weighted by Crippen LogP contribution is 2.29. The molecule has 1 aromatic heterocycles. The van der Waals surface area contributed by atoms with Gasteiger partial charge in [-0.25, -0.2) is 13.4 Å². The topological polar surface area (TPSA) is 78.9 Å². The molecule has 4 rings (SSSR count). The number of anilines is 2. The van der Waals surface area contributed by atoms with Crippen LogP contribution in [0.3, 0.4) is 0 Å². The van der Waals surface area contributed by atoms with Gasteiger partial charge in [-0.3, -0.25) is 0 Å². The van der Waals surface area contributed by atoms with Gasteiger partial charge in [0.1, 0.15) is 11.6 Å². The van der Waals surface area contributed by atoms with Gasteiger partial charge in [0.2, 0.25) is 16.0 Å². The van der Waals surface area contributed by atoms with E-state index < -0.39 is 10.0 Å². The number of sulfonamides is 1. The van der Waals surface area contributed by atoms with Crippen LogP contribution < -0.4 is 14.5 Å². The van der Waals surface area contributed by atoms with E-state index in [1.807, 2.05) is 6.07 Å². The zero-order valence-corrected chi connectivity index (χ0v) is 17.9. The van der Waals surface area contributed by atoms with Crippen molar-refractivity contribution in [2.45, 2.75) is 17.7 Å². The van der Waals surface area contributed by atoms with Crippen LogP contribution in [0.1, 0.15) is 12.8 Å². The number of benzene rings is 1. The number of hydrogen-bond donors (Lipinski definition) is 0. The first-order valence-electron chi connectivity index (χ1n) is 9.66. The largest absolute Gasteiger partial charge is 0.495 e. The molecule has 0 radical (unpaired) electrons. The van der Waals surface area contributed by atoms with Gasteiger partial charge in [0.05, 0.1) is 17.0 Å². The maximum absolute atomic E-state index is 13.0. The zero-order chi connectivity index (χ0) is 20.4. The fourth-order valence-electron chi connectivity index (χ4n) is 3.70. The highest BCUT2D eigenvalue weighted by Gasteiger charge is 2.29. The van der Waals surface area contributed by atoms with Crippen molar-refractivity contribution < 1.29 is 13.2 Å². The van der Waals surface area contributed by atoms with Gasteiger partial charge in [-0.1, -0.05) is 11.6 Å². The lowest BCUT2D eigenvalue weighted by Crippen LogP contribution is -2.49. The maximum Gasteiger partial charge on any atom is 0.243 e. The standard InChI is InChI=1S/C19H24ClN5O3S/c1-28-17-5-4-15(14-16(17)20)29(26,27)25-12-10-23(11-13-25)18-6-7-21-19(22-18)24-8-2-3-9-24/h4-7,14H,2-3,8-13H2,1H3. The van der Waals surface area contributed by atoms with Gasteiger partial charge in [-0.05, 0) is 37.1 Å². The summed E-state index contributed by atoms with van der Waals surface area (Å²) in [5, 5.41) is 0.280. The molecule has 0 aliphatic carbocycles. The summed E-state index contributed by atoms with van der Waals surface area (Å²) >= 11 is 6.11. The molecular weight excluding hydrogens is 414 g/mol. The molecule has 0 N–H and O–H groups in total. The van der Waals surface area contributed by atoms with Crippen LogP contribution in [0.15, 0.2) is 35.4 Å². The summed E-state index contributed by atoms with van der Waals surface area (Å²) in [6, 6.07) is 6.42. The van der Waals surface area contributed by atoms with Crippen LogP contribution in [0.4, 0.5) is 11.8 Å². The Hall–Kier alpha value is -2.10. The molecule has 2 aliphatic heterocycles. The first-order valence-corrected chi connectivity index (χ1v) is 11.5. The molecule has 2 aromatic rings. The van der Waals surface area contributed by atoms with Crippen molar-refractivity contribution in [2.24, 2.45) is 0 Å². The third-order valence-electron chi connectivity index (χ3n) is 5.34. The first kappa shape index (κ1) is 20.2. The van der Waals surface area contributed by atoms with E-state index in [0.717, 1.165) is 24.9 Å². The quantitative estimate of drug-likeness (QED) is 0.709. The van der Waals surface area contributed by atoms with Gasteiger partial charge >= 0.3 is 0 Å². The van der Waals surface area contributed by atoms with Crippen LogP contribution in [-0.4, -0.2) is 69.1 Å². The van der Waals surface area contributed by atoms with Gasteiger partial charge in [0, 0.05) is 45.5 Å². The van der Waals surface area contributed by atoms with Gasteiger partial charge in [0.25, 0.3) is 0 Å². The lowest BCUT2D eigenvalue weighted by molar-refractivity contribution is 0.383. The van der Waals surface area contributed by atoms with E-state index in [1.165, 1.54) is 36.4 Å². The Morgan fingerprint density at radius 2 is 1.72 bits per heavy atom. The predicted octanol–water partition coefficient (Wildman–Crippen LogP) is 2.25. The lowest BCUT2D eigenvalue weighted by Gasteiger charge is -2.35. The van der Waals surface area contributed by atoms with E-state index in [0.29, 0.717) is 31.9 Å². The summed E-state index contributed by atoms with van der Waals surface area (Å²) in [7, 11) is -2.11. The molecule has 2 saturated heterocycles. The van der Waals surface area contributed by atoms with Crippen molar-refractivity contribution in [2.75, 3.05) is 56.2 Å². The monoisotopic (exact) mass is 437 g/mol. The molecule has 0 unspecified atom stereocenters. The molecule has 0 amide bonds. The van der Waals surface area contributed by atoms with E-state index >= 15 is 0 Å². The minimum Gasteiger partial charge on any atom is -0.495 e. The van der Waals surface area contributed by atoms with Gasteiger partial charge in [-0.2, -0.15) is 9.29 Å². The van der Waals surface area contributed by atoms with E-state index in [1.54, 1.807) is 12.3 Å². The fraction of sp³-hybridized carbons (Fsp3) is 0.474. The van der Waals surface area contributed by atoms with Crippen LogP contribution in [0.25, 0.3) is 0 Å². The third kappa shape index (κ3) is 4.12. The zero-order valence-electron chi connectivity index (χ0n) is 16.3. The van der Waals surface area contributed by atoms with Gasteiger partial charge < -0.3 is 14.5 Å². The summed E-state index contributed by atoms with van der Waals surface area (Å²) in [6.07, 6.45) is 4.11. The van der Waals surface area contributed by atoms with Crippen LogP contribution in [-0.2, 0) is 10.0 Å². The fourth-order valence-corrected chi connectivity index (χ4v) is 5.47. The molecule has 1 aromatic carbocycles. The molecule has 2 fully saturated rings. The smallest absolute Gasteiger partial charge is 0.243 e. The summed E-state index contributed by atoms with van der Waals surface area (Å²) in [6.45, 7) is 3.88. The van der Waals surface area contributed by atoms with Crippen molar-refractivity contribution in [3.63, 3.8) is 0 Å². The van der Waals surface area contributed by atoms with E-state index in [4.69, 9.17) is 21.3 Å². The van der Waals surface area contributed by atoms with E-state index in [2.05, 4.69) is 14.8 Å². The number of nitrogens with zero attached hydrogens (tertiary/aromatic N) is 5. The molecule has 3 heterocycles. The molecule has 0 saturated carbocycles. The summed E-state index contributed by atoms with van der Waals surface area (Å²) < 4.78 is 32.6. The molecule has 29 heavy (non-hydrogen) atoms. The molecular formula is C19H24ClN5O3S. The average Bonchev–Trinajstić information content (AvgIpc) is 3.29. The molecule has 10 heteroatoms. The molecule has 0 spiro atoms. The van der Waals surface area contributed by atoms with Crippen molar-refractivity contribution in [1.82, 2.24) is 14.3 Å². The SMILES string of the molecule is COc1ccc(S(=O)(=O)N2CCN(c3ccnc(N4CCCC4)n3)CC2)cc1Cl. The normalized spacial score (nSPS) is 18.3. The molecule has 0 bridgehead atoms. The maximum atomic E-state index is 13.0. The lowest BCUT2D eigenvalue weighted by atomic mass is 10.3. The highest BCUT2D eigenvalue weighted by atomic mass is 35.5. The third-order valence-corrected chi connectivity index (χ3v) is 7.53. The molecule has 8 nitrogen and oxygen atoms in total. The first-order chi connectivity index (χ1) is 14.0. The predicted molar refractivity (Wildman–Crippen MR) is 112 cm³/mol. The van der Waals surface area contributed by atoms with Crippen molar-refractivity contribution in [1.29, 1.82) is 0 Å². The van der Waals surface area contributed by atoms with Gasteiger partial charge in [0.15, 0.2) is 0 Å². The van der Waals surface area contributed by atoms with E-state index in [9.17, 15) is 8.42 Å². The second-order valence-electron chi connectivity index (χ2n) is 7.10. The molecule has 2 aliphatic rings. The average molecular weight is 438 g/mol. The van der Waals surface area contributed by atoms with Crippen molar-refractivity contribution in [3.05, 3.63) is 35.5 Å². The summed E-state index contributed by atoms with van der Waals surface area (Å²) in [5.74, 6) is 2.04. The van der Waals surface area contributed by atoms with Crippen molar-refractivity contribution in [3.8, 4) is 5.75 Å². The number of halogens is 1.